The number of benzene rings is 1. The molecule has 0 amide bonds. The number of hydrogen-bond acceptors (Lipinski definition) is 3. The number of hydrogen-bond donors (Lipinski definition) is 0. The molecule has 0 spiro atoms. The van der Waals surface area contributed by atoms with E-state index in [9.17, 15) is 0 Å². The lowest BCUT2D eigenvalue weighted by Gasteiger charge is -2.09. The van der Waals surface area contributed by atoms with Gasteiger partial charge in [0.25, 0.3) is 0 Å². The van der Waals surface area contributed by atoms with Crippen LogP contribution in [0.25, 0.3) is 0 Å². The summed E-state index contributed by atoms with van der Waals surface area (Å²) >= 11 is 12.1. The molecule has 2 aromatic rings. The zero-order valence-electron chi connectivity index (χ0n) is 10.7. The Morgan fingerprint density at radius 2 is 2.30 bits per heavy atom. The van der Waals surface area contributed by atoms with Gasteiger partial charge in [-0.3, -0.25) is 0 Å². The maximum Gasteiger partial charge on any atom is 0.135 e. The monoisotopic (exact) mass is 309 g/mol. The van der Waals surface area contributed by atoms with E-state index in [0.717, 1.165) is 5.56 Å². The summed E-state index contributed by atoms with van der Waals surface area (Å²) in [6.07, 6.45) is 6.87. The first kappa shape index (κ1) is 14.6. The Morgan fingerprint density at radius 1 is 1.45 bits per heavy atom. The van der Waals surface area contributed by atoms with Crippen LogP contribution in [0.5, 0.6) is 0 Å². The van der Waals surface area contributed by atoms with Crippen LogP contribution in [0.2, 0.25) is 10.0 Å². The van der Waals surface area contributed by atoms with Gasteiger partial charge >= 0.3 is 0 Å². The molecular formula is C14H13Cl2N3O. The Kier molecular flexibility index (Phi) is 5.21. The van der Waals surface area contributed by atoms with Gasteiger partial charge in [-0.2, -0.15) is 0 Å². The average Bonchev–Trinajstić information content (AvgIpc) is 2.91. The minimum absolute atomic E-state index is 0.332. The maximum absolute atomic E-state index is 6.21. The van der Waals surface area contributed by atoms with Crippen molar-refractivity contribution in [2.75, 3.05) is 6.61 Å². The molecule has 0 fully saturated rings. The molecule has 0 saturated carbocycles. The van der Waals surface area contributed by atoms with E-state index in [2.05, 4.69) is 16.7 Å². The second-order valence-electron chi connectivity index (χ2n) is 3.98. The van der Waals surface area contributed by atoms with Crippen molar-refractivity contribution in [1.82, 2.24) is 9.55 Å². The van der Waals surface area contributed by atoms with Crippen LogP contribution < -0.4 is 0 Å². The highest BCUT2D eigenvalue weighted by molar-refractivity contribution is 6.37. The Hall–Kier alpha value is -1.78. The molecule has 0 aliphatic heterocycles. The molecule has 4 nitrogen and oxygen atoms in total. The molecule has 0 unspecified atom stereocenters. The Bertz CT molecular complexity index is 609. The van der Waals surface area contributed by atoms with Crippen LogP contribution in [-0.2, 0) is 11.4 Å². The first-order valence-corrected chi connectivity index (χ1v) is 6.67. The van der Waals surface area contributed by atoms with Gasteiger partial charge in [-0.15, -0.1) is 0 Å². The highest BCUT2D eigenvalue weighted by Gasteiger charge is 2.10. The summed E-state index contributed by atoms with van der Waals surface area (Å²) in [5, 5.41) is 5.22. The van der Waals surface area contributed by atoms with Gasteiger partial charge in [-0.05, 0) is 18.2 Å². The number of imidazole rings is 1. The summed E-state index contributed by atoms with van der Waals surface area (Å²) in [5.74, 6) is 0. The van der Waals surface area contributed by atoms with E-state index in [1.807, 2.05) is 16.8 Å². The van der Waals surface area contributed by atoms with E-state index in [1.165, 1.54) is 0 Å². The predicted octanol–water partition coefficient (Wildman–Crippen LogP) is 3.80. The van der Waals surface area contributed by atoms with E-state index in [1.54, 1.807) is 30.7 Å². The summed E-state index contributed by atoms with van der Waals surface area (Å²) in [7, 11) is 0. The molecule has 0 aliphatic rings. The Labute approximate surface area is 127 Å². The lowest BCUT2D eigenvalue weighted by atomic mass is 10.1. The zero-order chi connectivity index (χ0) is 14.4. The van der Waals surface area contributed by atoms with Gasteiger partial charge in [-0.25, -0.2) is 4.98 Å². The fourth-order valence-electron chi connectivity index (χ4n) is 1.61. The molecule has 1 aromatic carbocycles. The molecule has 0 aliphatic carbocycles. The van der Waals surface area contributed by atoms with Crippen LogP contribution in [0.4, 0.5) is 0 Å². The Morgan fingerprint density at radius 3 is 2.95 bits per heavy atom. The molecule has 2 rings (SSSR count). The van der Waals surface area contributed by atoms with Crippen LogP contribution in [0, 0.1) is 0 Å². The third-order valence-electron chi connectivity index (χ3n) is 2.50. The molecule has 20 heavy (non-hydrogen) atoms. The normalized spacial score (nSPS) is 11.4. The summed E-state index contributed by atoms with van der Waals surface area (Å²) in [6, 6.07) is 5.26. The predicted molar refractivity (Wildman–Crippen MR) is 81.4 cm³/mol. The van der Waals surface area contributed by atoms with Crippen molar-refractivity contribution in [3.05, 3.63) is 65.2 Å². The van der Waals surface area contributed by atoms with Crippen molar-refractivity contribution in [2.24, 2.45) is 5.16 Å². The molecule has 0 atom stereocenters. The Balaban J connectivity index is 2.29. The van der Waals surface area contributed by atoms with E-state index < -0.39 is 0 Å². The molecule has 104 valence electrons. The number of nitrogens with zero attached hydrogens (tertiary/aromatic N) is 3. The molecule has 0 saturated heterocycles. The van der Waals surface area contributed by atoms with Crippen LogP contribution in [-0.4, -0.2) is 21.9 Å². The molecule has 6 heteroatoms. The van der Waals surface area contributed by atoms with Crippen LogP contribution in [0.15, 0.2) is 54.7 Å². The van der Waals surface area contributed by atoms with Gasteiger partial charge in [0.2, 0.25) is 0 Å². The topological polar surface area (TPSA) is 39.4 Å². The van der Waals surface area contributed by atoms with E-state index in [0.29, 0.717) is 28.9 Å². The molecule has 0 bridgehead atoms. The van der Waals surface area contributed by atoms with E-state index in [4.69, 9.17) is 28.0 Å². The van der Waals surface area contributed by atoms with Crippen molar-refractivity contribution >= 4 is 28.9 Å². The summed E-state index contributed by atoms with van der Waals surface area (Å²) < 4.78 is 1.88. The first-order chi connectivity index (χ1) is 9.70. The minimum Gasteiger partial charge on any atom is -0.391 e. The van der Waals surface area contributed by atoms with Crippen molar-refractivity contribution in [3.8, 4) is 0 Å². The fraction of sp³-hybridized carbons (Fsp3) is 0.143. The number of rotatable bonds is 6. The second-order valence-corrected chi connectivity index (χ2v) is 4.83. The SMILES string of the molecule is C=CCO/N=C(\Cn1ccnc1)c1ccc(Cl)cc1Cl. The number of halogens is 2. The smallest absolute Gasteiger partial charge is 0.135 e. The van der Waals surface area contributed by atoms with Gasteiger partial charge in [0, 0.05) is 23.0 Å². The van der Waals surface area contributed by atoms with Gasteiger partial charge in [0.05, 0.1) is 17.9 Å². The molecule has 0 radical (unpaired) electrons. The third kappa shape index (κ3) is 3.85. The number of aromatic nitrogens is 2. The van der Waals surface area contributed by atoms with Crippen LogP contribution in [0.1, 0.15) is 5.56 Å². The lowest BCUT2D eigenvalue weighted by molar-refractivity contribution is 0.174. The maximum atomic E-state index is 6.21. The minimum atomic E-state index is 0.332. The molecule has 1 heterocycles. The zero-order valence-corrected chi connectivity index (χ0v) is 12.2. The summed E-state index contributed by atoms with van der Waals surface area (Å²) in [6.45, 7) is 4.41. The fourth-order valence-corrected chi connectivity index (χ4v) is 2.13. The molecule has 0 N–H and O–H groups in total. The summed E-state index contributed by atoms with van der Waals surface area (Å²) in [4.78, 5) is 9.18. The molecular weight excluding hydrogens is 297 g/mol. The van der Waals surface area contributed by atoms with Crippen molar-refractivity contribution in [1.29, 1.82) is 0 Å². The number of oxime groups is 1. The third-order valence-corrected chi connectivity index (χ3v) is 3.05. The van der Waals surface area contributed by atoms with Gasteiger partial charge < -0.3 is 9.40 Å². The highest BCUT2D eigenvalue weighted by atomic mass is 35.5. The van der Waals surface area contributed by atoms with Gasteiger partial charge in [-0.1, -0.05) is 41.0 Å². The van der Waals surface area contributed by atoms with Gasteiger partial charge in [0.1, 0.15) is 12.3 Å². The quantitative estimate of drug-likeness (QED) is 0.352. The second kappa shape index (κ2) is 7.12. The van der Waals surface area contributed by atoms with Crippen molar-refractivity contribution in [3.63, 3.8) is 0 Å². The highest BCUT2D eigenvalue weighted by Crippen LogP contribution is 2.22. The van der Waals surface area contributed by atoms with E-state index in [-0.39, 0.29) is 0 Å². The van der Waals surface area contributed by atoms with Crippen molar-refractivity contribution < 1.29 is 4.84 Å². The van der Waals surface area contributed by atoms with Crippen LogP contribution in [0.3, 0.4) is 0 Å². The van der Waals surface area contributed by atoms with Gasteiger partial charge in [0.15, 0.2) is 0 Å². The standard InChI is InChI=1S/C14H13Cl2N3O/c1-2-7-20-18-14(9-19-6-5-17-10-19)12-4-3-11(15)8-13(12)16/h2-6,8,10H,1,7,9H2/b18-14+. The first-order valence-electron chi connectivity index (χ1n) is 5.91. The largest absolute Gasteiger partial charge is 0.391 e. The van der Waals surface area contributed by atoms with E-state index >= 15 is 0 Å². The van der Waals surface area contributed by atoms with Crippen LogP contribution >= 0.6 is 23.2 Å². The average molecular weight is 310 g/mol. The lowest BCUT2D eigenvalue weighted by Crippen LogP contribution is -2.12. The van der Waals surface area contributed by atoms with Crippen molar-refractivity contribution in [2.45, 2.75) is 6.54 Å². The summed E-state index contributed by atoms with van der Waals surface area (Å²) in [5.41, 5.74) is 1.46. The molecule has 1 aromatic heterocycles.